The Kier molecular flexibility index (Phi) is 4.37. The van der Waals surface area contributed by atoms with Gasteiger partial charge in [-0.1, -0.05) is 18.2 Å². The van der Waals surface area contributed by atoms with Crippen molar-refractivity contribution in [2.45, 2.75) is 13.0 Å². The van der Waals surface area contributed by atoms with Gasteiger partial charge >= 0.3 is 0 Å². The quantitative estimate of drug-likeness (QED) is 0.669. The molecule has 0 heterocycles. The Balaban J connectivity index is 2.31. The summed E-state index contributed by atoms with van der Waals surface area (Å²) < 4.78 is 18.9. The van der Waals surface area contributed by atoms with Crippen LogP contribution >= 0.6 is 0 Å². The number of nitrogens with zero attached hydrogens (tertiary/aromatic N) is 1. The van der Waals surface area contributed by atoms with E-state index in [1.54, 1.807) is 25.1 Å². The number of non-ortho nitro benzene ring substituents is 1. The van der Waals surface area contributed by atoms with Crippen LogP contribution in [0.4, 0.5) is 15.8 Å². The molecule has 1 unspecified atom stereocenters. The van der Waals surface area contributed by atoms with E-state index in [4.69, 9.17) is 4.74 Å². The van der Waals surface area contributed by atoms with Crippen LogP contribution in [-0.4, -0.2) is 12.0 Å². The molecule has 0 bridgehead atoms. The van der Waals surface area contributed by atoms with Crippen molar-refractivity contribution < 1.29 is 14.1 Å². The van der Waals surface area contributed by atoms with Crippen LogP contribution < -0.4 is 10.1 Å². The topological polar surface area (TPSA) is 64.4 Å². The molecule has 110 valence electrons. The van der Waals surface area contributed by atoms with Crippen molar-refractivity contribution in [3.8, 4) is 5.75 Å². The van der Waals surface area contributed by atoms with Gasteiger partial charge in [0.2, 0.25) is 0 Å². The molecule has 0 saturated heterocycles. The number of anilines is 1. The maximum Gasteiger partial charge on any atom is 0.271 e. The molecule has 2 aromatic carbocycles. The van der Waals surface area contributed by atoms with Crippen LogP contribution in [-0.2, 0) is 0 Å². The summed E-state index contributed by atoms with van der Waals surface area (Å²) in [6, 6.07) is 10.3. The van der Waals surface area contributed by atoms with Crippen molar-refractivity contribution in [3.05, 3.63) is 64.0 Å². The van der Waals surface area contributed by atoms with Crippen LogP contribution in [0.1, 0.15) is 18.5 Å². The van der Waals surface area contributed by atoms with Gasteiger partial charge in [0.25, 0.3) is 5.69 Å². The fraction of sp³-hybridized carbons (Fsp3) is 0.200. The summed E-state index contributed by atoms with van der Waals surface area (Å²) in [7, 11) is 1.47. The second-order valence-corrected chi connectivity index (χ2v) is 4.53. The van der Waals surface area contributed by atoms with Gasteiger partial charge in [-0.15, -0.1) is 0 Å². The van der Waals surface area contributed by atoms with Gasteiger partial charge in [-0.25, -0.2) is 4.39 Å². The normalized spacial score (nSPS) is 11.8. The monoisotopic (exact) mass is 290 g/mol. The molecule has 0 spiro atoms. The van der Waals surface area contributed by atoms with Crippen molar-refractivity contribution >= 4 is 11.4 Å². The third kappa shape index (κ3) is 3.28. The average Bonchev–Trinajstić information content (AvgIpc) is 2.47. The van der Waals surface area contributed by atoms with Crippen molar-refractivity contribution in [3.63, 3.8) is 0 Å². The standard InChI is InChI=1S/C15H15FN2O3/c1-10(12-5-3-4-6-13(12)16)17-14-9-11(18(19)20)7-8-15(14)21-2/h3-10,17H,1-2H3. The zero-order valence-corrected chi connectivity index (χ0v) is 11.7. The van der Waals surface area contributed by atoms with E-state index in [0.717, 1.165) is 0 Å². The maximum absolute atomic E-state index is 13.8. The second-order valence-electron chi connectivity index (χ2n) is 4.53. The molecule has 0 radical (unpaired) electrons. The highest BCUT2D eigenvalue weighted by Gasteiger charge is 2.15. The highest BCUT2D eigenvalue weighted by molar-refractivity contribution is 5.62. The minimum Gasteiger partial charge on any atom is -0.495 e. The van der Waals surface area contributed by atoms with Gasteiger partial charge in [0, 0.05) is 17.7 Å². The van der Waals surface area contributed by atoms with Crippen LogP contribution in [0.25, 0.3) is 0 Å². The van der Waals surface area contributed by atoms with E-state index in [-0.39, 0.29) is 17.5 Å². The molecule has 0 saturated carbocycles. The number of halogens is 1. The molecule has 6 heteroatoms. The lowest BCUT2D eigenvalue weighted by molar-refractivity contribution is -0.384. The number of hydrogen-bond acceptors (Lipinski definition) is 4. The van der Waals surface area contributed by atoms with Crippen molar-refractivity contribution in [1.82, 2.24) is 0 Å². The Morgan fingerprint density at radius 1 is 1.29 bits per heavy atom. The Bertz CT molecular complexity index is 661. The zero-order chi connectivity index (χ0) is 15.4. The molecule has 0 amide bonds. The predicted molar refractivity (Wildman–Crippen MR) is 78.1 cm³/mol. The maximum atomic E-state index is 13.8. The molecule has 21 heavy (non-hydrogen) atoms. The predicted octanol–water partition coefficient (Wildman–Crippen LogP) is 3.92. The number of hydrogen-bond donors (Lipinski definition) is 1. The molecule has 0 aromatic heterocycles. The van der Waals surface area contributed by atoms with Crippen LogP contribution in [0.5, 0.6) is 5.75 Å². The van der Waals surface area contributed by atoms with Crippen LogP contribution in [0.2, 0.25) is 0 Å². The summed E-state index contributed by atoms with van der Waals surface area (Å²) in [4.78, 5) is 10.4. The summed E-state index contributed by atoms with van der Waals surface area (Å²) in [6.45, 7) is 1.77. The van der Waals surface area contributed by atoms with E-state index in [0.29, 0.717) is 17.0 Å². The van der Waals surface area contributed by atoms with E-state index in [1.807, 2.05) is 0 Å². The number of ether oxygens (including phenoxy) is 1. The number of nitro groups is 1. The Morgan fingerprint density at radius 3 is 2.62 bits per heavy atom. The number of rotatable bonds is 5. The number of nitro benzene ring substituents is 1. The first-order chi connectivity index (χ1) is 10.0. The number of benzene rings is 2. The molecule has 0 aliphatic rings. The Morgan fingerprint density at radius 2 is 2.00 bits per heavy atom. The van der Waals surface area contributed by atoms with Crippen LogP contribution in [0.3, 0.4) is 0 Å². The SMILES string of the molecule is COc1ccc([N+](=O)[O-])cc1NC(C)c1ccccc1F. The van der Waals surface area contributed by atoms with E-state index in [9.17, 15) is 14.5 Å². The van der Waals surface area contributed by atoms with Crippen LogP contribution in [0.15, 0.2) is 42.5 Å². The summed E-state index contributed by atoms with van der Waals surface area (Å²) in [6.07, 6.45) is 0. The average molecular weight is 290 g/mol. The highest BCUT2D eigenvalue weighted by Crippen LogP contribution is 2.32. The number of nitrogens with one attached hydrogen (secondary N) is 1. The Hall–Kier alpha value is -2.63. The molecule has 0 aliphatic heterocycles. The third-order valence-corrected chi connectivity index (χ3v) is 3.14. The molecule has 0 fully saturated rings. The van der Waals surface area contributed by atoms with Crippen molar-refractivity contribution in [2.75, 3.05) is 12.4 Å². The molecule has 1 atom stereocenters. The first kappa shape index (κ1) is 14.8. The van der Waals surface area contributed by atoms with E-state index >= 15 is 0 Å². The minimum absolute atomic E-state index is 0.0565. The summed E-state index contributed by atoms with van der Waals surface area (Å²) in [5, 5.41) is 13.9. The van der Waals surface area contributed by atoms with Gasteiger partial charge in [-0.05, 0) is 19.1 Å². The van der Waals surface area contributed by atoms with Crippen molar-refractivity contribution in [1.29, 1.82) is 0 Å². The lowest BCUT2D eigenvalue weighted by Crippen LogP contribution is -2.09. The summed E-state index contributed by atoms with van der Waals surface area (Å²) in [5.41, 5.74) is 0.868. The first-order valence-corrected chi connectivity index (χ1v) is 6.36. The van der Waals surface area contributed by atoms with Gasteiger partial charge in [-0.3, -0.25) is 10.1 Å². The second kappa shape index (κ2) is 6.21. The van der Waals surface area contributed by atoms with Gasteiger partial charge < -0.3 is 10.1 Å². The van der Waals surface area contributed by atoms with E-state index in [1.165, 1.54) is 31.4 Å². The zero-order valence-electron chi connectivity index (χ0n) is 11.7. The smallest absolute Gasteiger partial charge is 0.271 e. The highest BCUT2D eigenvalue weighted by atomic mass is 19.1. The largest absolute Gasteiger partial charge is 0.495 e. The fourth-order valence-corrected chi connectivity index (χ4v) is 2.06. The van der Waals surface area contributed by atoms with Crippen molar-refractivity contribution in [2.24, 2.45) is 0 Å². The van der Waals surface area contributed by atoms with Gasteiger partial charge in [-0.2, -0.15) is 0 Å². The van der Waals surface area contributed by atoms with Gasteiger partial charge in [0.05, 0.1) is 23.8 Å². The summed E-state index contributed by atoms with van der Waals surface area (Å²) >= 11 is 0. The molecular weight excluding hydrogens is 275 g/mol. The third-order valence-electron chi connectivity index (χ3n) is 3.14. The fourth-order valence-electron chi connectivity index (χ4n) is 2.06. The first-order valence-electron chi connectivity index (χ1n) is 6.36. The molecule has 2 rings (SSSR count). The van der Waals surface area contributed by atoms with Gasteiger partial charge in [0.15, 0.2) is 0 Å². The number of methoxy groups -OCH3 is 1. The molecule has 5 nitrogen and oxygen atoms in total. The molecule has 2 aromatic rings. The van der Waals surface area contributed by atoms with E-state index in [2.05, 4.69) is 5.32 Å². The molecular formula is C15H15FN2O3. The lowest BCUT2D eigenvalue weighted by Gasteiger charge is -2.18. The molecule has 1 N–H and O–H groups in total. The molecule has 0 aliphatic carbocycles. The van der Waals surface area contributed by atoms with Gasteiger partial charge in [0.1, 0.15) is 11.6 Å². The van der Waals surface area contributed by atoms with Crippen LogP contribution in [0, 0.1) is 15.9 Å². The Labute approximate surface area is 121 Å². The van der Waals surface area contributed by atoms with E-state index < -0.39 is 4.92 Å². The minimum atomic E-state index is -0.488. The lowest BCUT2D eigenvalue weighted by atomic mass is 10.1. The summed E-state index contributed by atoms with van der Waals surface area (Å²) in [5.74, 6) is 0.130.